The molecule has 0 aliphatic carbocycles. The number of aryl methyl sites for hydroxylation is 3. The second-order valence-corrected chi connectivity index (χ2v) is 22.2. The van der Waals surface area contributed by atoms with Crippen LogP contribution in [0, 0.1) is 38.9 Å². The minimum atomic E-state index is -1.11. The van der Waals surface area contributed by atoms with Crippen LogP contribution in [0.1, 0.15) is 110 Å². The van der Waals surface area contributed by atoms with Gasteiger partial charge >= 0.3 is 0 Å². The lowest BCUT2D eigenvalue weighted by atomic mass is 9.85. The third-order valence-corrected chi connectivity index (χ3v) is 15.5. The van der Waals surface area contributed by atoms with E-state index < -0.39 is 65.3 Å². The van der Waals surface area contributed by atoms with E-state index in [0.29, 0.717) is 22.4 Å². The lowest BCUT2D eigenvalue weighted by molar-refractivity contribution is -0.143. The van der Waals surface area contributed by atoms with Crippen LogP contribution in [0.3, 0.4) is 0 Å². The number of carbonyl (C=O) groups is 4. The number of likely N-dealkylation sites (tertiary alicyclic amines) is 1. The van der Waals surface area contributed by atoms with Gasteiger partial charge < -0.3 is 30.7 Å². The Morgan fingerprint density at radius 2 is 1.68 bits per heavy atom. The Morgan fingerprint density at radius 3 is 2.37 bits per heavy atom. The Balaban J connectivity index is 0.882. The van der Waals surface area contributed by atoms with E-state index in [0.717, 1.165) is 60.1 Å². The maximum atomic E-state index is 15.2. The first-order valence-electron chi connectivity index (χ1n) is 24.0. The number of amides is 4. The van der Waals surface area contributed by atoms with E-state index >= 15 is 4.39 Å². The molecular formula is C54H59ClFN9O6S2. The number of fused-ring (bicyclic) bond motifs is 3. The van der Waals surface area contributed by atoms with Gasteiger partial charge in [0.05, 0.1) is 46.9 Å². The fraction of sp³-hybridized carbons (Fsp3) is 0.370. The van der Waals surface area contributed by atoms with E-state index in [4.69, 9.17) is 21.3 Å². The first-order chi connectivity index (χ1) is 34.7. The number of carbonyl (C=O) groups excluding carboxylic acids is 4. The molecule has 4 amide bonds. The third kappa shape index (κ3) is 11.8. The monoisotopic (exact) mass is 1050 g/mol. The number of aliphatic hydroxyl groups excluding tert-OH is 1. The van der Waals surface area contributed by atoms with E-state index in [1.54, 1.807) is 55.9 Å². The van der Waals surface area contributed by atoms with Crippen molar-refractivity contribution < 1.29 is 33.4 Å². The number of thiazole rings is 1. The summed E-state index contributed by atoms with van der Waals surface area (Å²) in [5.41, 5.74) is 7.49. The first-order valence-corrected chi connectivity index (χ1v) is 26.1. The Kier molecular flexibility index (Phi) is 15.8. The van der Waals surface area contributed by atoms with Gasteiger partial charge in [-0.15, -0.1) is 32.9 Å². The Labute approximate surface area is 437 Å². The normalized spacial score (nSPS) is 17.8. The lowest BCUT2D eigenvalue weighted by Crippen LogP contribution is -2.57. The summed E-state index contributed by atoms with van der Waals surface area (Å²) in [4.78, 5) is 68.2. The third-order valence-electron chi connectivity index (χ3n) is 13.1. The van der Waals surface area contributed by atoms with Crippen molar-refractivity contribution in [2.24, 2.45) is 10.4 Å². The molecule has 8 rings (SSSR count). The van der Waals surface area contributed by atoms with E-state index in [9.17, 15) is 24.3 Å². The maximum absolute atomic E-state index is 15.2. The minimum absolute atomic E-state index is 0.0236. The summed E-state index contributed by atoms with van der Waals surface area (Å²) in [7, 11) is 0. The van der Waals surface area contributed by atoms with Crippen LogP contribution in [0.4, 0.5) is 4.39 Å². The molecule has 2 aliphatic heterocycles. The minimum Gasteiger partial charge on any atom is -0.489 e. The molecule has 1 saturated heterocycles. The van der Waals surface area contributed by atoms with Crippen LogP contribution < -0.4 is 20.7 Å². The van der Waals surface area contributed by atoms with Crippen LogP contribution in [-0.2, 0) is 19.2 Å². The van der Waals surface area contributed by atoms with Crippen molar-refractivity contribution in [3.8, 4) is 21.2 Å². The number of aliphatic imine (C=N–C) groups is 1. The molecule has 1 unspecified atom stereocenters. The van der Waals surface area contributed by atoms with E-state index in [2.05, 4.69) is 45.0 Å². The molecule has 6 atom stereocenters. The van der Waals surface area contributed by atoms with Gasteiger partial charge in [0.1, 0.15) is 46.6 Å². The summed E-state index contributed by atoms with van der Waals surface area (Å²) in [6.45, 7) is 16.9. The first kappa shape index (κ1) is 52.7. The summed E-state index contributed by atoms with van der Waals surface area (Å²) < 4.78 is 23.3. The molecule has 19 heteroatoms. The molecule has 3 aromatic heterocycles. The number of thiophene rings is 1. The highest BCUT2D eigenvalue weighted by molar-refractivity contribution is 7.15. The fourth-order valence-corrected chi connectivity index (χ4v) is 11.2. The van der Waals surface area contributed by atoms with Crippen LogP contribution in [0.25, 0.3) is 21.5 Å². The van der Waals surface area contributed by atoms with Crippen molar-refractivity contribution in [2.75, 3.05) is 13.1 Å². The highest BCUT2D eigenvalue weighted by Crippen LogP contribution is 2.40. The molecule has 0 saturated carbocycles. The zero-order valence-electron chi connectivity index (χ0n) is 42.1. The molecular weight excluding hydrogens is 989 g/mol. The van der Waals surface area contributed by atoms with Crippen molar-refractivity contribution >= 4 is 69.7 Å². The Bertz CT molecular complexity index is 3110. The number of aliphatic hydroxyl groups is 1. The van der Waals surface area contributed by atoms with E-state index in [1.165, 1.54) is 29.2 Å². The van der Waals surface area contributed by atoms with Gasteiger partial charge in [-0.05, 0) is 100 Å². The van der Waals surface area contributed by atoms with Gasteiger partial charge in [-0.25, -0.2) is 9.37 Å². The second kappa shape index (κ2) is 21.9. The van der Waals surface area contributed by atoms with Crippen LogP contribution in [0.15, 0.2) is 83.3 Å². The van der Waals surface area contributed by atoms with Crippen LogP contribution in [0.2, 0.25) is 5.02 Å². The zero-order chi connectivity index (χ0) is 52.5. The highest BCUT2D eigenvalue weighted by atomic mass is 35.5. The molecule has 4 N–H and O–H groups in total. The van der Waals surface area contributed by atoms with Crippen molar-refractivity contribution in [3.05, 3.63) is 139 Å². The Hall–Kier alpha value is -6.60. The number of hydrogen-bond donors (Lipinski definition) is 4. The summed E-state index contributed by atoms with van der Waals surface area (Å²) in [6.07, 6.45) is 0.919. The summed E-state index contributed by atoms with van der Waals surface area (Å²) in [5.74, 6) is -1.02. The molecule has 15 nitrogen and oxygen atoms in total. The van der Waals surface area contributed by atoms with Gasteiger partial charge in [0, 0.05) is 45.6 Å². The van der Waals surface area contributed by atoms with E-state index in [1.807, 2.05) is 73.9 Å². The largest absolute Gasteiger partial charge is 0.489 e. The summed E-state index contributed by atoms with van der Waals surface area (Å²) in [5, 5.41) is 29.8. The molecule has 73 heavy (non-hydrogen) atoms. The summed E-state index contributed by atoms with van der Waals surface area (Å²) >= 11 is 9.44. The number of rotatable bonds is 15. The maximum Gasteiger partial charge on any atom is 0.246 e. The number of halogens is 2. The van der Waals surface area contributed by atoms with Crippen molar-refractivity contribution in [2.45, 2.75) is 112 Å². The highest BCUT2D eigenvalue weighted by Gasteiger charge is 2.45. The van der Waals surface area contributed by atoms with Crippen molar-refractivity contribution in [1.29, 1.82) is 0 Å². The molecule has 2 aliphatic rings. The fourth-order valence-electron chi connectivity index (χ4n) is 9.01. The predicted molar refractivity (Wildman–Crippen MR) is 283 cm³/mol. The zero-order valence-corrected chi connectivity index (χ0v) is 44.5. The van der Waals surface area contributed by atoms with Crippen molar-refractivity contribution in [1.82, 2.24) is 40.6 Å². The van der Waals surface area contributed by atoms with Gasteiger partial charge in [0.15, 0.2) is 5.82 Å². The number of nitrogens with one attached hydrogen (secondary N) is 3. The summed E-state index contributed by atoms with van der Waals surface area (Å²) in [6, 6.07) is 16.3. The molecule has 3 aromatic carbocycles. The van der Waals surface area contributed by atoms with E-state index in [-0.39, 0.29) is 37.4 Å². The number of nitrogens with zero attached hydrogens (tertiary/aromatic N) is 6. The smallest absolute Gasteiger partial charge is 0.246 e. The number of benzene rings is 3. The molecule has 382 valence electrons. The number of hydrogen-bond acceptors (Lipinski definition) is 12. The van der Waals surface area contributed by atoms with Crippen LogP contribution in [0.5, 0.6) is 5.75 Å². The number of β-amino-alcohol motifs (C(OH)–C–C–N with tert-alkyl or cyclic N) is 1. The van der Waals surface area contributed by atoms with Crippen molar-refractivity contribution in [3.63, 3.8) is 0 Å². The van der Waals surface area contributed by atoms with Gasteiger partial charge in [-0.2, -0.15) is 0 Å². The second-order valence-electron chi connectivity index (χ2n) is 19.7. The Morgan fingerprint density at radius 1 is 0.973 bits per heavy atom. The van der Waals surface area contributed by atoms with Crippen LogP contribution in [-0.4, -0.2) is 96.5 Å². The van der Waals surface area contributed by atoms with Gasteiger partial charge in [-0.3, -0.25) is 28.7 Å². The average Bonchev–Trinajstić information content (AvgIpc) is 4.12. The molecule has 0 bridgehead atoms. The SMILES string of the molecule is Cc1ncsc1-c1ccc([C@H](C)NC(=O)[C@@H]2C[C@@H](O)CN2C(=O)C(NC(=O)/C=C/c2cc(O[C@H](C)CNC(=O)C[C@@H]3N=C(c4ccc(Cl)cc4)c4c(sc(C)c4C)-n4c(C)nnc43)ccc2F)C(C)(C)C)cc1. The molecule has 1 fully saturated rings. The topological polar surface area (TPSA) is 193 Å². The van der Waals surface area contributed by atoms with Crippen LogP contribution >= 0.6 is 34.3 Å². The predicted octanol–water partition coefficient (Wildman–Crippen LogP) is 8.73. The molecule has 6 aromatic rings. The van der Waals surface area contributed by atoms with Gasteiger partial charge in [-0.1, -0.05) is 68.8 Å². The number of ether oxygens (including phenoxy) is 1. The molecule has 0 spiro atoms. The van der Waals surface area contributed by atoms with Gasteiger partial charge in [0.2, 0.25) is 23.6 Å². The molecule has 0 radical (unpaired) electrons. The average molecular weight is 1050 g/mol. The lowest BCUT2D eigenvalue weighted by Gasteiger charge is -2.35. The standard InChI is InChI=1S/C54H59ClFN9O6S2/c1-28(25-57-45(68)24-42-50-63-62-33(6)65(50)53-46(29(2)32(5)73-53)47(60-42)35-14-17-38(55)18-15-35)71-40-19-20-41(56)37(22-40)16-21-44(67)61-49(54(7,8)9)52(70)64-26-39(66)23-43(64)51(69)59-30(3)34-10-12-36(13-11-34)48-31(4)58-27-72-48/h10-22,27-28,30,39,42-43,49,66H,23-26H2,1-9H3,(H,57,68)(H,59,69)(H,61,67)/b21-16+/t28-,30+,39-,42+,43+,49?/m1/s1. The number of aromatic nitrogens is 4. The quantitative estimate of drug-likeness (QED) is 0.0728. The van der Waals surface area contributed by atoms with Gasteiger partial charge in [0.25, 0.3) is 0 Å². The molecule has 5 heterocycles.